The van der Waals surface area contributed by atoms with Crippen LogP contribution in [-0.4, -0.2) is 17.4 Å². The van der Waals surface area contributed by atoms with Gasteiger partial charge in [-0.3, -0.25) is 9.78 Å². The number of anilines is 1. The molecule has 0 saturated heterocycles. The summed E-state index contributed by atoms with van der Waals surface area (Å²) in [5.41, 5.74) is 3.96. The molecule has 0 aliphatic heterocycles. The van der Waals surface area contributed by atoms with Gasteiger partial charge in [0, 0.05) is 12.2 Å². The lowest BCUT2D eigenvalue weighted by Gasteiger charge is -2.21. The molecule has 0 aliphatic rings. The number of carbonyl (C=O) groups is 1. The topological polar surface area (TPSA) is 66.3 Å². The second-order valence-corrected chi connectivity index (χ2v) is 5.50. The van der Waals surface area contributed by atoms with Gasteiger partial charge in [0.05, 0.1) is 11.9 Å². The number of benzene rings is 2. The molecule has 0 radical (unpaired) electrons. The van der Waals surface area contributed by atoms with Gasteiger partial charge in [-0.25, -0.2) is 4.79 Å². The summed E-state index contributed by atoms with van der Waals surface area (Å²) in [6, 6.07) is 13.2. The molecule has 3 rings (SSSR count). The molecular formula is C18H18N2O3. The number of hydrogen-bond donors (Lipinski definition) is 1. The van der Waals surface area contributed by atoms with Gasteiger partial charge in [0.25, 0.3) is 0 Å². The first-order chi connectivity index (χ1) is 11.1. The smallest absolute Gasteiger partial charge is 0.408 e. The first kappa shape index (κ1) is 15.1. The van der Waals surface area contributed by atoms with Gasteiger partial charge >= 0.3 is 5.76 Å². The molecule has 0 aliphatic carbocycles. The highest BCUT2D eigenvalue weighted by Crippen LogP contribution is 2.18. The van der Waals surface area contributed by atoms with Gasteiger partial charge in [-0.05, 0) is 49.2 Å². The predicted molar refractivity (Wildman–Crippen MR) is 89.7 cm³/mol. The zero-order valence-corrected chi connectivity index (χ0v) is 13.1. The normalized spacial score (nSPS) is 10.9. The largest absolute Gasteiger partial charge is 0.417 e. The molecule has 1 N–H and O–H groups in total. The van der Waals surface area contributed by atoms with Crippen LogP contribution in [0.15, 0.2) is 51.7 Å². The van der Waals surface area contributed by atoms with Crippen LogP contribution in [0.3, 0.4) is 0 Å². The van der Waals surface area contributed by atoms with Crippen LogP contribution in [0.4, 0.5) is 5.69 Å². The van der Waals surface area contributed by atoms with Crippen LogP contribution >= 0.6 is 0 Å². The van der Waals surface area contributed by atoms with E-state index in [4.69, 9.17) is 4.42 Å². The summed E-state index contributed by atoms with van der Waals surface area (Å²) in [5.74, 6) is -0.471. The molecule has 0 atom stereocenters. The maximum absolute atomic E-state index is 12.6. The van der Waals surface area contributed by atoms with Crippen molar-refractivity contribution in [3.8, 4) is 0 Å². The van der Waals surface area contributed by atoms with E-state index in [1.807, 2.05) is 38.1 Å². The summed E-state index contributed by atoms with van der Waals surface area (Å²) >= 11 is 0. The Morgan fingerprint density at radius 3 is 2.78 bits per heavy atom. The van der Waals surface area contributed by atoms with Gasteiger partial charge in [0.1, 0.15) is 0 Å². The van der Waals surface area contributed by atoms with E-state index in [1.54, 1.807) is 23.1 Å². The minimum atomic E-state index is -0.488. The summed E-state index contributed by atoms with van der Waals surface area (Å²) in [7, 11) is 0. The highest BCUT2D eigenvalue weighted by Gasteiger charge is 2.15. The van der Waals surface area contributed by atoms with E-state index in [2.05, 4.69) is 4.98 Å². The first-order valence-electron chi connectivity index (χ1n) is 7.55. The Morgan fingerprint density at radius 1 is 1.22 bits per heavy atom. The van der Waals surface area contributed by atoms with Crippen LogP contribution in [0, 0.1) is 6.92 Å². The standard InChI is InChI=1S/C18H18N2O3/c1-3-20(14-6-4-5-12(2)9-14)17(21)11-13-7-8-16-15(10-13)19-18(22)23-16/h4-10H,3,11H2,1-2H3,(H,19,22). The maximum Gasteiger partial charge on any atom is 0.417 e. The zero-order chi connectivity index (χ0) is 16.4. The molecule has 0 unspecified atom stereocenters. The summed E-state index contributed by atoms with van der Waals surface area (Å²) in [6.45, 7) is 4.56. The molecule has 0 fully saturated rings. The Labute approximate surface area is 133 Å². The van der Waals surface area contributed by atoms with E-state index >= 15 is 0 Å². The third-order valence-electron chi connectivity index (χ3n) is 3.77. The highest BCUT2D eigenvalue weighted by molar-refractivity contribution is 5.95. The number of aryl methyl sites for hydroxylation is 1. The molecule has 0 saturated carbocycles. The number of rotatable bonds is 4. The van der Waals surface area contributed by atoms with Crippen molar-refractivity contribution in [1.82, 2.24) is 4.98 Å². The average Bonchev–Trinajstić information content (AvgIpc) is 2.87. The molecule has 5 nitrogen and oxygen atoms in total. The summed E-state index contributed by atoms with van der Waals surface area (Å²) in [6.07, 6.45) is 0.269. The SMILES string of the molecule is CCN(C(=O)Cc1ccc2oc(=O)[nH]c2c1)c1cccc(C)c1. The Balaban J connectivity index is 1.84. The minimum Gasteiger partial charge on any atom is -0.408 e. The second-order valence-electron chi connectivity index (χ2n) is 5.50. The quantitative estimate of drug-likeness (QED) is 0.805. The number of aromatic amines is 1. The third-order valence-corrected chi connectivity index (χ3v) is 3.77. The van der Waals surface area contributed by atoms with Crippen molar-refractivity contribution in [2.75, 3.05) is 11.4 Å². The van der Waals surface area contributed by atoms with Crippen LogP contribution in [0.2, 0.25) is 0 Å². The van der Waals surface area contributed by atoms with Gasteiger partial charge < -0.3 is 9.32 Å². The fourth-order valence-electron chi connectivity index (χ4n) is 2.68. The lowest BCUT2D eigenvalue weighted by Crippen LogP contribution is -2.32. The van der Waals surface area contributed by atoms with E-state index in [9.17, 15) is 9.59 Å². The van der Waals surface area contributed by atoms with Crippen LogP contribution in [0.5, 0.6) is 0 Å². The molecule has 1 aromatic heterocycles. The number of aromatic nitrogens is 1. The lowest BCUT2D eigenvalue weighted by molar-refractivity contribution is -0.117. The summed E-state index contributed by atoms with van der Waals surface area (Å²) in [4.78, 5) is 28.2. The number of H-pyrrole nitrogens is 1. The van der Waals surface area contributed by atoms with Gasteiger partial charge in [0.2, 0.25) is 5.91 Å². The second kappa shape index (κ2) is 6.12. The molecule has 3 aromatic rings. The maximum atomic E-state index is 12.6. The molecule has 1 amide bonds. The van der Waals surface area contributed by atoms with Crippen LogP contribution < -0.4 is 10.7 Å². The van der Waals surface area contributed by atoms with Crippen LogP contribution in [0.25, 0.3) is 11.1 Å². The van der Waals surface area contributed by atoms with Crippen molar-refractivity contribution < 1.29 is 9.21 Å². The van der Waals surface area contributed by atoms with Gasteiger partial charge in [0.15, 0.2) is 5.58 Å². The van der Waals surface area contributed by atoms with E-state index in [0.29, 0.717) is 17.6 Å². The van der Waals surface area contributed by atoms with E-state index < -0.39 is 5.76 Å². The van der Waals surface area contributed by atoms with Crippen molar-refractivity contribution in [3.05, 3.63) is 64.1 Å². The molecular weight excluding hydrogens is 292 g/mol. The number of nitrogens with zero attached hydrogens (tertiary/aromatic N) is 1. The van der Waals surface area contributed by atoms with Gasteiger partial charge in [-0.15, -0.1) is 0 Å². The van der Waals surface area contributed by atoms with Crippen molar-refractivity contribution in [2.24, 2.45) is 0 Å². The fourth-order valence-corrected chi connectivity index (χ4v) is 2.68. The van der Waals surface area contributed by atoms with E-state index in [0.717, 1.165) is 16.8 Å². The number of fused-ring (bicyclic) bond motifs is 1. The molecule has 5 heteroatoms. The number of carbonyl (C=O) groups excluding carboxylic acids is 1. The van der Waals surface area contributed by atoms with Crippen molar-refractivity contribution in [1.29, 1.82) is 0 Å². The van der Waals surface area contributed by atoms with Gasteiger partial charge in [-0.2, -0.15) is 0 Å². The molecule has 0 bridgehead atoms. The fraction of sp³-hybridized carbons (Fsp3) is 0.222. The number of oxazole rings is 1. The summed E-state index contributed by atoms with van der Waals surface area (Å²) in [5, 5.41) is 0. The Bertz CT molecular complexity index is 908. The lowest BCUT2D eigenvalue weighted by atomic mass is 10.1. The van der Waals surface area contributed by atoms with Crippen LogP contribution in [-0.2, 0) is 11.2 Å². The minimum absolute atomic E-state index is 0.0169. The van der Waals surface area contributed by atoms with E-state index in [1.165, 1.54) is 0 Å². The molecule has 23 heavy (non-hydrogen) atoms. The molecule has 1 heterocycles. The Kier molecular flexibility index (Phi) is 4.02. The molecule has 2 aromatic carbocycles. The predicted octanol–water partition coefficient (Wildman–Crippen LogP) is 3.03. The van der Waals surface area contributed by atoms with Crippen molar-refractivity contribution >= 4 is 22.7 Å². The first-order valence-corrected chi connectivity index (χ1v) is 7.55. The highest BCUT2D eigenvalue weighted by atomic mass is 16.4. The Hall–Kier alpha value is -2.82. The third kappa shape index (κ3) is 3.18. The summed E-state index contributed by atoms with van der Waals surface area (Å²) < 4.78 is 4.97. The molecule has 118 valence electrons. The van der Waals surface area contributed by atoms with Gasteiger partial charge in [-0.1, -0.05) is 18.2 Å². The number of hydrogen-bond acceptors (Lipinski definition) is 3. The zero-order valence-electron chi connectivity index (χ0n) is 13.1. The van der Waals surface area contributed by atoms with Crippen LogP contribution in [0.1, 0.15) is 18.1 Å². The average molecular weight is 310 g/mol. The monoisotopic (exact) mass is 310 g/mol. The Morgan fingerprint density at radius 2 is 2.04 bits per heavy atom. The molecule has 0 spiro atoms. The van der Waals surface area contributed by atoms with Crippen molar-refractivity contribution in [2.45, 2.75) is 20.3 Å². The number of amides is 1. The van der Waals surface area contributed by atoms with Crippen molar-refractivity contribution in [3.63, 3.8) is 0 Å². The number of nitrogens with one attached hydrogen (secondary N) is 1. The van der Waals surface area contributed by atoms with E-state index in [-0.39, 0.29) is 12.3 Å². The number of likely N-dealkylation sites (N-methyl/N-ethyl adjacent to an activating group) is 1.